The molecule has 0 aliphatic heterocycles. The summed E-state index contributed by atoms with van der Waals surface area (Å²) in [6.45, 7) is 2.51. The van der Waals surface area contributed by atoms with Gasteiger partial charge in [-0.25, -0.2) is 4.39 Å². The molecular weight excluding hydrogens is 308 g/mol. The third kappa shape index (κ3) is 3.39. The Bertz CT molecular complexity index is 681. The van der Waals surface area contributed by atoms with Gasteiger partial charge in [0.25, 0.3) is 0 Å². The van der Waals surface area contributed by atoms with Crippen LogP contribution >= 0.6 is 23.2 Å². The van der Waals surface area contributed by atoms with Crippen LogP contribution in [0.25, 0.3) is 11.1 Å². The topological polar surface area (TPSA) is 12.0 Å². The van der Waals surface area contributed by atoms with Crippen molar-refractivity contribution in [3.05, 3.63) is 57.3 Å². The van der Waals surface area contributed by atoms with Crippen LogP contribution < -0.4 is 5.32 Å². The van der Waals surface area contributed by atoms with Gasteiger partial charge in [-0.1, -0.05) is 29.3 Å². The van der Waals surface area contributed by atoms with Crippen molar-refractivity contribution >= 4 is 23.2 Å². The molecular formula is C17H16Cl2FN. The van der Waals surface area contributed by atoms with Crippen molar-refractivity contribution in [2.75, 3.05) is 0 Å². The predicted molar refractivity (Wildman–Crippen MR) is 86.5 cm³/mol. The van der Waals surface area contributed by atoms with Crippen LogP contribution in [0.3, 0.4) is 0 Å². The number of aryl methyl sites for hydroxylation is 1. The van der Waals surface area contributed by atoms with Crippen molar-refractivity contribution in [1.29, 1.82) is 0 Å². The maximum Gasteiger partial charge on any atom is 0.127 e. The normalized spacial score (nSPS) is 14.5. The van der Waals surface area contributed by atoms with E-state index in [4.69, 9.17) is 23.2 Å². The van der Waals surface area contributed by atoms with Gasteiger partial charge in [0, 0.05) is 23.2 Å². The lowest BCUT2D eigenvalue weighted by Crippen LogP contribution is -2.15. The number of hydrogen-bond donors (Lipinski definition) is 1. The molecule has 3 rings (SSSR count). The fourth-order valence-electron chi connectivity index (χ4n) is 2.36. The maximum atomic E-state index is 13.6. The number of halogens is 3. The van der Waals surface area contributed by atoms with Gasteiger partial charge in [-0.3, -0.25) is 0 Å². The monoisotopic (exact) mass is 323 g/mol. The lowest BCUT2D eigenvalue weighted by molar-refractivity contribution is 0.619. The minimum atomic E-state index is -0.288. The molecule has 110 valence electrons. The maximum absolute atomic E-state index is 13.6. The molecule has 0 saturated heterocycles. The summed E-state index contributed by atoms with van der Waals surface area (Å²) in [5, 5.41) is 4.55. The molecule has 0 amide bonds. The Morgan fingerprint density at radius 2 is 1.90 bits per heavy atom. The van der Waals surface area contributed by atoms with Gasteiger partial charge in [0.2, 0.25) is 0 Å². The molecule has 0 unspecified atom stereocenters. The zero-order chi connectivity index (χ0) is 15.0. The molecule has 0 aromatic heterocycles. The van der Waals surface area contributed by atoms with E-state index in [-0.39, 0.29) is 5.82 Å². The molecule has 0 atom stereocenters. The molecule has 21 heavy (non-hydrogen) atoms. The number of hydrogen-bond acceptors (Lipinski definition) is 1. The molecule has 1 saturated carbocycles. The van der Waals surface area contributed by atoms with Gasteiger partial charge in [-0.15, -0.1) is 0 Å². The lowest BCUT2D eigenvalue weighted by Gasteiger charge is -2.14. The predicted octanol–water partition coefficient (Wildman–Crippen LogP) is 5.36. The van der Waals surface area contributed by atoms with Gasteiger partial charge in [0.1, 0.15) is 5.82 Å². The van der Waals surface area contributed by atoms with E-state index in [9.17, 15) is 4.39 Å². The summed E-state index contributed by atoms with van der Waals surface area (Å²) in [6.07, 6.45) is 2.47. The lowest BCUT2D eigenvalue weighted by atomic mass is 9.98. The molecule has 0 spiro atoms. The molecule has 0 heterocycles. The van der Waals surface area contributed by atoms with Crippen LogP contribution in [0.4, 0.5) is 4.39 Å². The highest BCUT2D eigenvalue weighted by atomic mass is 35.5. The first-order valence-corrected chi connectivity index (χ1v) is 7.78. The Balaban J connectivity index is 2.02. The minimum Gasteiger partial charge on any atom is -0.310 e. The van der Waals surface area contributed by atoms with E-state index in [0.717, 1.165) is 23.2 Å². The fourth-order valence-corrected chi connectivity index (χ4v) is 2.78. The largest absolute Gasteiger partial charge is 0.310 e. The third-order valence-corrected chi connectivity index (χ3v) is 4.32. The molecule has 1 aliphatic rings. The van der Waals surface area contributed by atoms with Crippen molar-refractivity contribution in [2.24, 2.45) is 0 Å². The average molecular weight is 324 g/mol. The molecule has 2 aromatic carbocycles. The number of nitrogens with one attached hydrogen (secondary N) is 1. The second kappa shape index (κ2) is 5.96. The van der Waals surface area contributed by atoms with E-state index in [2.05, 4.69) is 5.32 Å². The van der Waals surface area contributed by atoms with Gasteiger partial charge >= 0.3 is 0 Å². The summed E-state index contributed by atoms with van der Waals surface area (Å²) in [5.74, 6) is -0.288. The summed E-state index contributed by atoms with van der Waals surface area (Å²) in [5.41, 5.74) is 3.49. The first-order valence-electron chi connectivity index (χ1n) is 7.02. The Morgan fingerprint density at radius 3 is 2.62 bits per heavy atom. The summed E-state index contributed by atoms with van der Waals surface area (Å²) < 4.78 is 13.6. The van der Waals surface area contributed by atoms with Gasteiger partial charge in [0.05, 0.1) is 5.02 Å². The first kappa shape index (κ1) is 14.8. The smallest absolute Gasteiger partial charge is 0.127 e. The highest BCUT2D eigenvalue weighted by Gasteiger charge is 2.21. The molecule has 0 radical (unpaired) electrons. The second-order valence-corrected chi connectivity index (χ2v) is 6.38. The van der Waals surface area contributed by atoms with E-state index in [1.54, 1.807) is 13.0 Å². The average Bonchev–Trinajstić information content (AvgIpc) is 3.25. The second-order valence-electron chi connectivity index (χ2n) is 5.54. The summed E-state index contributed by atoms with van der Waals surface area (Å²) in [6, 6.07) is 9.54. The van der Waals surface area contributed by atoms with Gasteiger partial charge in [-0.2, -0.15) is 0 Å². The highest BCUT2D eigenvalue weighted by Crippen LogP contribution is 2.34. The van der Waals surface area contributed by atoms with Crippen LogP contribution in [0.1, 0.15) is 24.0 Å². The molecule has 4 heteroatoms. The van der Waals surface area contributed by atoms with Crippen LogP contribution in [0.5, 0.6) is 0 Å². The van der Waals surface area contributed by atoms with Crippen LogP contribution in [0, 0.1) is 12.7 Å². The third-order valence-electron chi connectivity index (χ3n) is 3.77. The highest BCUT2D eigenvalue weighted by molar-refractivity contribution is 6.34. The van der Waals surface area contributed by atoms with Gasteiger partial charge in [0.15, 0.2) is 0 Å². The minimum absolute atomic E-state index is 0.288. The van der Waals surface area contributed by atoms with Gasteiger partial charge < -0.3 is 5.32 Å². The Hall–Kier alpha value is -1.09. The molecule has 0 bridgehead atoms. The van der Waals surface area contributed by atoms with E-state index < -0.39 is 0 Å². The van der Waals surface area contributed by atoms with Crippen molar-refractivity contribution in [2.45, 2.75) is 32.4 Å². The van der Waals surface area contributed by atoms with Crippen molar-refractivity contribution in [3.63, 3.8) is 0 Å². The SMILES string of the molecule is Cc1cc(-c2cc(Cl)ccc2CNC2CC2)c(Cl)cc1F. The van der Waals surface area contributed by atoms with Crippen LogP contribution in [0.15, 0.2) is 30.3 Å². The van der Waals surface area contributed by atoms with Crippen LogP contribution in [-0.4, -0.2) is 6.04 Å². The van der Waals surface area contributed by atoms with E-state index in [1.165, 1.54) is 18.9 Å². The molecule has 2 aromatic rings. The molecule has 1 N–H and O–H groups in total. The summed E-state index contributed by atoms with van der Waals surface area (Å²) in [7, 11) is 0. The van der Waals surface area contributed by atoms with Crippen molar-refractivity contribution < 1.29 is 4.39 Å². The quantitative estimate of drug-likeness (QED) is 0.798. The van der Waals surface area contributed by atoms with E-state index in [0.29, 0.717) is 21.7 Å². The Kier molecular flexibility index (Phi) is 4.21. The number of benzene rings is 2. The standard InChI is InChI=1S/C17H16Cl2FN/c1-10-6-15(16(19)8-17(10)20)14-7-12(18)3-2-11(14)9-21-13-4-5-13/h2-3,6-8,13,21H,4-5,9H2,1H3. The number of rotatable bonds is 4. The Labute approximate surface area is 134 Å². The summed E-state index contributed by atoms with van der Waals surface area (Å²) in [4.78, 5) is 0. The first-order chi connectivity index (χ1) is 10.0. The Morgan fingerprint density at radius 1 is 1.14 bits per heavy atom. The molecule has 1 aliphatic carbocycles. The summed E-state index contributed by atoms with van der Waals surface area (Å²) >= 11 is 12.4. The van der Waals surface area contributed by atoms with Gasteiger partial charge in [-0.05, 0) is 60.7 Å². The van der Waals surface area contributed by atoms with Crippen LogP contribution in [-0.2, 0) is 6.54 Å². The fraction of sp³-hybridized carbons (Fsp3) is 0.294. The zero-order valence-electron chi connectivity index (χ0n) is 11.7. The molecule has 1 nitrogen and oxygen atoms in total. The van der Waals surface area contributed by atoms with Crippen LogP contribution in [0.2, 0.25) is 10.0 Å². The van der Waals surface area contributed by atoms with E-state index in [1.807, 2.05) is 18.2 Å². The van der Waals surface area contributed by atoms with Crippen molar-refractivity contribution in [3.8, 4) is 11.1 Å². The van der Waals surface area contributed by atoms with E-state index >= 15 is 0 Å². The van der Waals surface area contributed by atoms with Crippen molar-refractivity contribution in [1.82, 2.24) is 5.32 Å². The molecule has 1 fully saturated rings. The zero-order valence-corrected chi connectivity index (χ0v) is 13.2.